The van der Waals surface area contributed by atoms with E-state index >= 15 is 0 Å². The summed E-state index contributed by atoms with van der Waals surface area (Å²) in [6.45, 7) is 6.30. The Hall–Kier alpha value is -3.23. The molecule has 3 aromatic carbocycles. The number of carbonyl (C=O) groups is 1. The largest absolute Gasteiger partial charge is 0.483 e. The number of hydrogen-bond donors (Lipinski definition) is 1. The number of rotatable bonds is 10. The SMILES string of the molecule is CSc1ccccc1NC(=O)CSc1nnc(C(C)Oc2ccc(C(C)C)cc2)n1-c1ccccc1. The molecule has 0 aliphatic heterocycles. The number of hydrogen-bond acceptors (Lipinski definition) is 6. The second kappa shape index (κ2) is 12.1. The third-order valence-electron chi connectivity index (χ3n) is 5.61. The van der Waals surface area contributed by atoms with Gasteiger partial charge in [0.1, 0.15) is 5.75 Å². The van der Waals surface area contributed by atoms with Crippen LogP contribution in [0, 0.1) is 0 Å². The summed E-state index contributed by atoms with van der Waals surface area (Å²) in [5.41, 5.74) is 2.99. The van der Waals surface area contributed by atoms with Crippen molar-refractivity contribution in [2.24, 2.45) is 0 Å². The molecule has 4 aromatic rings. The molecule has 4 rings (SSSR count). The lowest BCUT2D eigenvalue weighted by Gasteiger charge is -2.17. The maximum Gasteiger partial charge on any atom is 0.234 e. The number of aromatic nitrogens is 3. The molecule has 0 saturated carbocycles. The van der Waals surface area contributed by atoms with Crippen molar-refractivity contribution in [2.75, 3.05) is 17.3 Å². The Morgan fingerprint density at radius 1 is 0.944 bits per heavy atom. The van der Waals surface area contributed by atoms with Crippen molar-refractivity contribution in [3.63, 3.8) is 0 Å². The molecule has 0 spiro atoms. The number of para-hydroxylation sites is 2. The van der Waals surface area contributed by atoms with Gasteiger partial charge in [-0.2, -0.15) is 0 Å². The zero-order chi connectivity index (χ0) is 25.5. The maximum atomic E-state index is 12.7. The summed E-state index contributed by atoms with van der Waals surface area (Å²) in [4.78, 5) is 13.8. The Morgan fingerprint density at radius 2 is 1.64 bits per heavy atom. The van der Waals surface area contributed by atoms with Crippen LogP contribution in [0.1, 0.15) is 44.2 Å². The molecule has 36 heavy (non-hydrogen) atoms. The zero-order valence-electron chi connectivity index (χ0n) is 20.8. The Labute approximate surface area is 220 Å². The average Bonchev–Trinajstić information content (AvgIpc) is 3.33. The van der Waals surface area contributed by atoms with Crippen LogP contribution < -0.4 is 10.1 Å². The van der Waals surface area contributed by atoms with Gasteiger partial charge in [-0.3, -0.25) is 9.36 Å². The van der Waals surface area contributed by atoms with Crippen LogP contribution >= 0.6 is 23.5 Å². The third-order valence-corrected chi connectivity index (χ3v) is 7.33. The molecule has 0 aliphatic rings. The van der Waals surface area contributed by atoms with Gasteiger partial charge < -0.3 is 10.1 Å². The van der Waals surface area contributed by atoms with Crippen LogP contribution in [-0.4, -0.2) is 32.7 Å². The quantitative estimate of drug-likeness (QED) is 0.228. The fourth-order valence-corrected chi connectivity index (χ4v) is 5.02. The molecular weight excluding hydrogens is 488 g/mol. The van der Waals surface area contributed by atoms with E-state index in [1.807, 2.05) is 84.5 Å². The van der Waals surface area contributed by atoms with Crippen LogP contribution in [0.5, 0.6) is 5.75 Å². The minimum atomic E-state index is -0.348. The van der Waals surface area contributed by atoms with Gasteiger partial charge in [-0.1, -0.05) is 68.1 Å². The van der Waals surface area contributed by atoms with Gasteiger partial charge in [0.2, 0.25) is 5.91 Å². The van der Waals surface area contributed by atoms with Crippen LogP contribution in [0.4, 0.5) is 5.69 Å². The minimum absolute atomic E-state index is 0.0970. The van der Waals surface area contributed by atoms with E-state index < -0.39 is 0 Å². The first-order valence-corrected chi connectivity index (χ1v) is 14.0. The number of carbonyl (C=O) groups excluding carboxylic acids is 1. The first-order valence-electron chi connectivity index (χ1n) is 11.8. The van der Waals surface area contributed by atoms with E-state index in [-0.39, 0.29) is 17.8 Å². The normalized spacial score (nSPS) is 11.9. The fourth-order valence-electron chi connectivity index (χ4n) is 3.71. The molecule has 8 heteroatoms. The lowest BCUT2D eigenvalue weighted by molar-refractivity contribution is -0.113. The number of nitrogens with one attached hydrogen (secondary N) is 1. The molecule has 186 valence electrons. The Kier molecular flexibility index (Phi) is 8.72. The van der Waals surface area contributed by atoms with Gasteiger partial charge in [0.15, 0.2) is 17.1 Å². The van der Waals surface area contributed by atoms with Gasteiger partial charge in [-0.15, -0.1) is 22.0 Å². The maximum absolute atomic E-state index is 12.7. The van der Waals surface area contributed by atoms with Gasteiger partial charge in [0.25, 0.3) is 0 Å². The molecular formula is C28H30N4O2S2. The smallest absolute Gasteiger partial charge is 0.234 e. The Balaban J connectivity index is 1.52. The minimum Gasteiger partial charge on any atom is -0.483 e. The van der Waals surface area contributed by atoms with Gasteiger partial charge in [0.05, 0.1) is 11.4 Å². The first kappa shape index (κ1) is 25.9. The van der Waals surface area contributed by atoms with Crippen LogP contribution in [0.15, 0.2) is 88.9 Å². The Morgan fingerprint density at radius 3 is 2.33 bits per heavy atom. The first-order chi connectivity index (χ1) is 17.5. The summed E-state index contributed by atoms with van der Waals surface area (Å²) in [5, 5.41) is 12.5. The molecule has 0 aliphatic carbocycles. The van der Waals surface area contributed by atoms with Gasteiger partial charge in [-0.25, -0.2) is 0 Å². The van der Waals surface area contributed by atoms with Crippen molar-refractivity contribution in [2.45, 2.75) is 42.8 Å². The molecule has 0 radical (unpaired) electrons. The summed E-state index contributed by atoms with van der Waals surface area (Å²) >= 11 is 2.95. The molecule has 1 heterocycles. The van der Waals surface area contributed by atoms with Gasteiger partial charge in [0, 0.05) is 10.6 Å². The zero-order valence-corrected chi connectivity index (χ0v) is 22.5. The number of amides is 1. The van der Waals surface area contributed by atoms with Crippen LogP contribution in [0.25, 0.3) is 5.69 Å². The lowest BCUT2D eigenvalue weighted by atomic mass is 10.0. The molecule has 0 bridgehead atoms. The van der Waals surface area contributed by atoms with Crippen molar-refractivity contribution in [3.05, 3.63) is 90.3 Å². The highest BCUT2D eigenvalue weighted by Gasteiger charge is 2.22. The van der Waals surface area contributed by atoms with E-state index in [4.69, 9.17) is 4.74 Å². The monoisotopic (exact) mass is 518 g/mol. The summed E-state index contributed by atoms with van der Waals surface area (Å²) in [5.74, 6) is 2.02. The number of nitrogens with zero attached hydrogens (tertiary/aromatic N) is 3. The van der Waals surface area contributed by atoms with E-state index in [2.05, 4.69) is 41.5 Å². The molecule has 1 unspecified atom stereocenters. The van der Waals surface area contributed by atoms with E-state index in [1.54, 1.807) is 11.8 Å². The summed E-state index contributed by atoms with van der Waals surface area (Å²) in [6, 6.07) is 25.8. The summed E-state index contributed by atoms with van der Waals surface area (Å²) < 4.78 is 8.19. The second-order valence-electron chi connectivity index (χ2n) is 8.53. The topological polar surface area (TPSA) is 69.0 Å². The molecule has 0 saturated heterocycles. The van der Waals surface area contributed by atoms with Crippen LogP contribution in [0.3, 0.4) is 0 Å². The van der Waals surface area contributed by atoms with E-state index in [0.717, 1.165) is 22.0 Å². The summed E-state index contributed by atoms with van der Waals surface area (Å²) in [6.07, 6.45) is 1.64. The standard InChI is InChI=1S/C28H30N4O2S2/c1-19(2)21-14-16-23(17-15-21)34-20(3)27-30-31-28(32(27)22-10-6-5-7-11-22)36-18-26(33)29-24-12-8-9-13-25(24)35-4/h5-17,19-20H,18H2,1-4H3,(H,29,33). The summed E-state index contributed by atoms with van der Waals surface area (Å²) in [7, 11) is 0. The highest BCUT2D eigenvalue weighted by Crippen LogP contribution is 2.29. The highest BCUT2D eigenvalue weighted by molar-refractivity contribution is 7.99. The average molecular weight is 519 g/mol. The Bertz CT molecular complexity index is 1290. The fraction of sp³-hybridized carbons (Fsp3) is 0.250. The molecule has 6 nitrogen and oxygen atoms in total. The molecule has 1 N–H and O–H groups in total. The van der Waals surface area contributed by atoms with Crippen molar-refractivity contribution in [1.82, 2.24) is 14.8 Å². The molecule has 1 atom stereocenters. The van der Waals surface area contributed by atoms with Crippen LogP contribution in [-0.2, 0) is 4.79 Å². The highest BCUT2D eigenvalue weighted by atomic mass is 32.2. The van der Waals surface area contributed by atoms with E-state index in [1.165, 1.54) is 17.3 Å². The van der Waals surface area contributed by atoms with Crippen molar-refractivity contribution < 1.29 is 9.53 Å². The molecule has 1 aromatic heterocycles. The van der Waals surface area contributed by atoms with Gasteiger partial charge in [-0.05, 0) is 61.1 Å². The molecule has 1 amide bonds. The number of ether oxygens (including phenoxy) is 1. The van der Waals surface area contributed by atoms with E-state index in [9.17, 15) is 4.79 Å². The van der Waals surface area contributed by atoms with Crippen molar-refractivity contribution in [1.29, 1.82) is 0 Å². The number of benzene rings is 3. The predicted molar refractivity (Wildman–Crippen MR) is 149 cm³/mol. The number of anilines is 1. The third kappa shape index (κ3) is 6.30. The second-order valence-corrected chi connectivity index (χ2v) is 10.3. The molecule has 0 fully saturated rings. The van der Waals surface area contributed by atoms with Crippen molar-refractivity contribution >= 4 is 35.1 Å². The van der Waals surface area contributed by atoms with Gasteiger partial charge >= 0.3 is 0 Å². The predicted octanol–water partition coefficient (Wildman–Crippen LogP) is 6.98. The van der Waals surface area contributed by atoms with Crippen molar-refractivity contribution in [3.8, 4) is 11.4 Å². The number of thioether (sulfide) groups is 2. The lowest BCUT2D eigenvalue weighted by Crippen LogP contribution is -2.15. The van der Waals surface area contributed by atoms with Crippen LogP contribution in [0.2, 0.25) is 0 Å². The van der Waals surface area contributed by atoms with E-state index in [0.29, 0.717) is 16.9 Å².